The van der Waals surface area contributed by atoms with Crippen LogP contribution < -0.4 is 16.4 Å². The third-order valence-corrected chi connectivity index (χ3v) is 2.56. The molecule has 0 spiro atoms. The molecule has 86 valence electrons. The summed E-state index contributed by atoms with van der Waals surface area (Å²) in [4.78, 5) is 21.8. The molecule has 0 atom stereocenters. The van der Waals surface area contributed by atoms with E-state index in [-0.39, 0.29) is 19.0 Å². The lowest BCUT2D eigenvalue weighted by molar-refractivity contribution is -0.121. The van der Waals surface area contributed by atoms with Crippen LogP contribution in [0.2, 0.25) is 0 Å². The molecule has 5 nitrogen and oxygen atoms in total. The maximum Gasteiger partial charge on any atom is 0.234 e. The molecule has 1 rings (SSSR count). The Balaban J connectivity index is 2.09. The van der Waals surface area contributed by atoms with Crippen molar-refractivity contribution in [2.24, 2.45) is 5.73 Å². The van der Waals surface area contributed by atoms with Crippen molar-refractivity contribution in [3.63, 3.8) is 0 Å². The number of nitrogens with two attached hydrogens (primary N) is 1. The second-order valence-corrected chi connectivity index (χ2v) is 3.97. The lowest BCUT2D eigenvalue weighted by atomic mass is 9.95. The molecule has 5 heteroatoms. The van der Waals surface area contributed by atoms with Gasteiger partial charge in [0.25, 0.3) is 0 Å². The number of carbonyl (C=O) groups is 2. The summed E-state index contributed by atoms with van der Waals surface area (Å²) in [6.07, 6.45) is 5.80. The number of hydrogen-bond donors (Lipinski definition) is 3. The third kappa shape index (κ3) is 5.37. The summed E-state index contributed by atoms with van der Waals surface area (Å²) in [5.74, 6) is -0.497. The lowest BCUT2D eigenvalue weighted by Crippen LogP contribution is -2.42. The van der Waals surface area contributed by atoms with Crippen molar-refractivity contribution in [1.29, 1.82) is 0 Å². The maximum absolute atomic E-state index is 11.4. The van der Waals surface area contributed by atoms with Crippen molar-refractivity contribution in [3.05, 3.63) is 0 Å². The highest BCUT2D eigenvalue weighted by Gasteiger charge is 2.15. The van der Waals surface area contributed by atoms with Gasteiger partial charge in [-0.2, -0.15) is 0 Å². The van der Waals surface area contributed by atoms with Crippen LogP contribution in [-0.4, -0.2) is 30.9 Å². The molecule has 0 unspecified atom stereocenters. The maximum atomic E-state index is 11.4. The second kappa shape index (κ2) is 6.40. The molecule has 0 radical (unpaired) electrons. The Hall–Kier alpha value is -1.10. The van der Waals surface area contributed by atoms with Gasteiger partial charge in [-0.1, -0.05) is 19.3 Å². The quantitative estimate of drug-likeness (QED) is 0.576. The Morgan fingerprint density at radius 1 is 1.13 bits per heavy atom. The van der Waals surface area contributed by atoms with Crippen molar-refractivity contribution >= 4 is 11.8 Å². The van der Waals surface area contributed by atoms with Gasteiger partial charge in [-0.05, 0) is 12.8 Å². The molecule has 0 heterocycles. The third-order valence-electron chi connectivity index (χ3n) is 2.56. The molecule has 0 aliphatic heterocycles. The summed E-state index contributed by atoms with van der Waals surface area (Å²) in [5.41, 5.74) is 4.93. The minimum absolute atomic E-state index is 0.0526. The van der Waals surface area contributed by atoms with Crippen molar-refractivity contribution in [2.75, 3.05) is 13.1 Å². The molecule has 2 amide bonds. The van der Waals surface area contributed by atoms with Gasteiger partial charge < -0.3 is 11.1 Å². The zero-order valence-corrected chi connectivity index (χ0v) is 8.92. The van der Waals surface area contributed by atoms with Crippen molar-refractivity contribution in [1.82, 2.24) is 10.6 Å². The summed E-state index contributed by atoms with van der Waals surface area (Å²) >= 11 is 0. The van der Waals surface area contributed by atoms with E-state index in [9.17, 15) is 9.59 Å². The van der Waals surface area contributed by atoms with E-state index in [1.165, 1.54) is 19.3 Å². The Morgan fingerprint density at radius 2 is 1.80 bits per heavy atom. The molecule has 1 aliphatic carbocycles. The van der Waals surface area contributed by atoms with Gasteiger partial charge in [0.05, 0.1) is 13.1 Å². The topological polar surface area (TPSA) is 84.2 Å². The predicted octanol–water partition coefficient (Wildman–Crippen LogP) is -0.490. The smallest absolute Gasteiger partial charge is 0.234 e. The molecular weight excluding hydrogens is 194 g/mol. The Bertz CT molecular complexity index is 225. The SMILES string of the molecule is NC(=O)CNCC(=O)NC1CCCCC1. The minimum atomic E-state index is -0.444. The van der Waals surface area contributed by atoms with Crippen LogP contribution in [0.1, 0.15) is 32.1 Å². The van der Waals surface area contributed by atoms with Gasteiger partial charge in [0.2, 0.25) is 11.8 Å². The molecule has 4 N–H and O–H groups in total. The normalized spacial score (nSPS) is 17.3. The molecule has 1 saturated carbocycles. The van der Waals surface area contributed by atoms with Crippen LogP contribution in [0.4, 0.5) is 0 Å². The summed E-state index contributed by atoms with van der Waals surface area (Å²) in [6.45, 7) is 0.220. The lowest BCUT2D eigenvalue weighted by Gasteiger charge is -2.22. The molecular formula is C10H19N3O2. The van der Waals surface area contributed by atoms with Crippen LogP contribution in [0, 0.1) is 0 Å². The Kier molecular flexibility index (Phi) is 5.10. The van der Waals surface area contributed by atoms with Crippen LogP contribution in [0.5, 0.6) is 0 Å². The van der Waals surface area contributed by atoms with E-state index in [1.807, 2.05) is 0 Å². The first-order valence-corrected chi connectivity index (χ1v) is 5.47. The fraction of sp³-hybridized carbons (Fsp3) is 0.800. The fourth-order valence-electron chi connectivity index (χ4n) is 1.82. The van der Waals surface area contributed by atoms with Crippen LogP contribution in [0.3, 0.4) is 0 Å². The zero-order chi connectivity index (χ0) is 11.1. The van der Waals surface area contributed by atoms with Crippen molar-refractivity contribution in [3.8, 4) is 0 Å². The molecule has 0 aromatic rings. The van der Waals surface area contributed by atoms with E-state index in [0.717, 1.165) is 12.8 Å². The number of hydrogen-bond acceptors (Lipinski definition) is 3. The molecule has 0 aromatic heterocycles. The summed E-state index contributed by atoms with van der Waals surface area (Å²) in [6, 6.07) is 0.321. The first kappa shape index (κ1) is 12.0. The van der Waals surface area contributed by atoms with Crippen LogP contribution >= 0.6 is 0 Å². The number of carbonyl (C=O) groups excluding carboxylic acids is 2. The average molecular weight is 213 g/mol. The van der Waals surface area contributed by atoms with Gasteiger partial charge in [0.1, 0.15) is 0 Å². The van der Waals surface area contributed by atoms with Crippen LogP contribution in [0.15, 0.2) is 0 Å². The van der Waals surface area contributed by atoms with E-state index in [1.54, 1.807) is 0 Å². The van der Waals surface area contributed by atoms with Gasteiger partial charge in [-0.15, -0.1) is 0 Å². The van der Waals surface area contributed by atoms with Crippen LogP contribution in [0.25, 0.3) is 0 Å². The molecule has 15 heavy (non-hydrogen) atoms. The highest BCUT2D eigenvalue weighted by molar-refractivity contribution is 5.80. The van der Waals surface area contributed by atoms with E-state index in [0.29, 0.717) is 6.04 Å². The summed E-state index contributed by atoms with van der Waals surface area (Å²) < 4.78 is 0. The van der Waals surface area contributed by atoms with Gasteiger partial charge >= 0.3 is 0 Å². The molecule has 1 aliphatic rings. The Morgan fingerprint density at radius 3 is 2.40 bits per heavy atom. The van der Waals surface area contributed by atoms with Gasteiger partial charge in [-0.25, -0.2) is 0 Å². The van der Waals surface area contributed by atoms with Crippen molar-refractivity contribution < 1.29 is 9.59 Å². The van der Waals surface area contributed by atoms with Gasteiger partial charge in [0, 0.05) is 6.04 Å². The second-order valence-electron chi connectivity index (χ2n) is 3.97. The zero-order valence-electron chi connectivity index (χ0n) is 8.92. The fourth-order valence-corrected chi connectivity index (χ4v) is 1.82. The molecule has 0 bridgehead atoms. The van der Waals surface area contributed by atoms with E-state index < -0.39 is 5.91 Å². The molecule has 0 aromatic carbocycles. The number of primary amides is 1. The summed E-state index contributed by atoms with van der Waals surface area (Å²) in [7, 11) is 0. The highest BCUT2D eigenvalue weighted by atomic mass is 16.2. The number of amides is 2. The van der Waals surface area contributed by atoms with Crippen molar-refractivity contribution in [2.45, 2.75) is 38.1 Å². The van der Waals surface area contributed by atoms with E-state index in [4.69, 9.17) is 5.73 Å². The molecule has 1 fully saturated rings. The highest BCUT2D eigenvalue weighted by Crippen LogP contribution is 2.16. The Labute approximate surface area is 89.8 Å². The first-order chi connectivity index (χ1) is 7.18. The number of nitrogens with one attached hydrogen (secondary N) is 2. The van der Waals surface area contributed by atoms with Crippen LogP contribution in [-0.2, 0) is 9.59 Å². The first-order valence-electron chi connectivity index (χ1n) is 5.47. The average Bonchev–Trinajstić information content (AvgIpc) is 2.18. The number of rotatable bonds is 5. The van der Waals surface area contributed by atoms with Gasteiger partial charge in [0.15, 0.2) is 0 Å². The largest absolute Gasteiger partial charge is 0.369 e. The minimum Gasteiger partial charge on any atom is -0.369 e. The summed E-state index contributed by atoms with van der Waals surface area (Å²) in [5, 5.41) is 5.63. The van der Waals surface area contributed by atoms with E-state index >= 15 is 0 Å². The van der Waals surface area contributed by atoms with Gasteiger partial charge in [-0.3, -0.25) is 14.9 Å². The van der Waals surface area contributed by atoms with E-state index in [2.05, 4.69) is 10.6 Å². The standard InChI is InChI=1S/C10H19N3O2/c11-9(14)6-12-7-10(15)13-8-4-2-1-3-5-8/h8,12H,1-7H2,(H2,11,14)(H,13,15). The predicted molar refractivity (Wildman–Crippen MR) is 57.1 cm³/mol. The molecule has 0 saturated heterocycles. The monoisotopic (exact) mass is 213 g/mol.